The van der Waals surface area contributed by atoms with Crippen LogP contribution in [0.2, 0.25) is 0 Å². The third kappa shape index (κ3) is 2.83. The van der Waals surface area contributed by atoms with Gasteiger partial charge in [-0.2, -0.15) is 0 Å². The van der Waals surface area contributed by atoms with Gasteiger partial charge >= 0.3 is 6.36 Å². The second-order valence-corrected chi connectivity index (χ2v) is 2.78. The second kappa shape index (κ2) is 3.77. The molecule has 0 heterocycles. The Morgan fingerprint density at radius 3 is 2.36 bits per heavy atom. The summed E-state index contributed by atoms with van der Waals surface area (Å²) in [4.78, 5) is 0. The Morgan fingerprint density at radius 1 is 1.29 bits per heavy atom. The van der Waals surface area contributed by atoms with Crippen molar-refractivity contribution >= 4 is 5.69 Å². The number of anilines is 1. The average molecular weight is 205 g/mol. The molecule has 2 nitrogen and oxygen atoms in total. The van der Waals surface area contributed by atoms with Gasteiger partial charge < -0.3 is 10.1 Å². The van der Waals surface area contributed by atoms with Crippen molar-refractivity contribution in [2.75, 3.05) is 12.4 Å². The van der Waals surface area contributed by atoms with E-state index in [1.54, 1.807) is 20.0 Å². The van der Waals surface area contributed by atoms with Gasteiger partial charge in [-0.15, -0.1) is 13.2 Å². The monoisotopic (exact) mass is 205 g/mol. The highest BCUT2D eigenvalue weighted by Crippen LogP contribution is 2.27. The summed E-state index contributed by atoms with van der Waals surface area (Å²) in [5.74, 6) is -0.170. The molecular formula is C9H10F3NO. The SMILES string of the molecule is CNc1ccc(OC(F)(F)F)c(C)c1. The highest BCUT2D eigenvalue weighted by molar-refractivity contribution is 5.50. The first-order chi connectivity index (χ1) is 6.42. The zero-order chi connectivity index (χ0) is 10.8. The first-order valence-corrected chi connectivity index (χ1v) is 3.96. The number of rotatable bonds is 2. The predicted molar refractivity (Wildman–Crippen MR) is 47.4 cm³/mol. The lowest BCUT2D eigenvalue weighted by Crippen LogP contribution is -2.17. The summed E-state index contributed by atoms with van der Waals surface area (Å²) < 4.78 is 39.4. The molecule has 0 spiro atoms. The fourth-order valence-corrected chi connectivity index (χ4v) is 1.04. The molecule has 0 saturated carbocycles. The van der Waals surface area contributed by atoms with Crippen LogP contribution < -0.4 is 10.1 Å². The van der Waals surface area contributed by atoms with Crippen LogP contribution >= 0.6 is 0 Å². The number of hydrogen-bond donors (Lipinski definition) is 1. The van der Waals surface area contributed by atoms with Crippen LogP contribution in [0.1, 0.15) is 5.56 Å². The minimum atomic E-state index is -4.63. The van der Waals surface area contributed by atoms with Crippen molar-refractivity contribution in [3.8, 4) is 5.75 Å². The van der Waals surface area contributed by atoms with Gasteiger partial charge in [-0.25, -0.2) is 0 Å². The smallest absolute Gasteiger partial charge is 0.406 e. The molecule has 1 N–H and O–H groups in total. The van der Waals surface area contributed by atoms with Gasteiger partial charge in [-0.3, -0.25) is 0 Å². The molecule has 0 radical (unpaired) electrons. The van der Waals surface area contributed by atoms with Crippen LogP contribution in [0.3, 0.4) is 0 Å². The normalized spacial score (nSPS) is 11.2. The van der Waals surface area contributed by atoms with Crippen LogP contribution in [0.25, 0.3) is 0 Å². The molecule has 1 aromatic carbocycles. The van der Waals surface area contributed by atoms with E-state index >= 15 is 0 Å². The Bertz CT molecular complexity index is 322. The van der Waals surface area contributed by atoms with Crippen molar-refractivity contribution in [1.82, 2.24) is 0 Å². The molecule has 0 saturated heterocycles. The summed E-state index contributed by atoms with van der Waals surface area (Å²) in [6, 6.07) is 4.39. The van der Waals surface area contributed by atoms with E-state index in [0.717, 1.165) is 5.69 Å². The van der Waals surface area contributed by atoms with Crippen LogP contribution in [-0.4, -0.2) is 13.4 Å². The number of ether oxygens (including phenoxy) is 1. The Labute approximate surface area is 79.7 Å². The van der Waals surface area contributed by atoms with Gasteiger partial charge in [0.2, 0.25) is 0 Å². The van der Waals surface area contributed by atoms with Crippen molar-refractivity contribution in [3.63, 3.8) is 0 Å². The van der Waals surface area contributed by atoms with Gasteiger partial charge in [-0.1, -0.05) is 0 Å². The van der Waals surface area contributed by atoms with E-state index in [2.05, 4.69) is 10.1 Å². The molecule has 78 valence electrons. The van der Waals surface area contributed by atoms with Crippen molar-refractivity contribution in [3.05, 3.63) is 23.8 Å². The van der Waals surface area contributed by atoms with E-state index in [-0.39, 0.29) is 5.75 Å². The maximum Gasteiger partial charge on any atom is 0.573 e. The molecule has 0 aliphatic carbocycles. The largest absolute Gasteiger partial charge is 0.573 e. The summed E-state index contributed by atoms with van der Waals surface area (Å²) in [6.45, 7) is 1.56. The van der Waals surface area contributed by atoms with Gasteiger partial charge in [0, 0.05) is 12.7 Å². The summed E-state index contributed by atoms with van der Waals surface area (Å²) in [7, 11) is 1.69. The van der Waals surface area contributed by atoms with E-state index in [4.69, 9.17) is 0 Å². The third-order valence-electron chi connectivity index (χ3n) is 1.69. The van der Waals surface area contributed by atoms with Gasteiger partial charge in [0.05, 0.1) is 0 Å². The summed E-state index contributed by atoms with van der Waals surface area (Å²) in [5.41, 5.74) is 1.19. The molecule has 0 amide bonds. The molecule has 5 heteroatoms. The molecule has 0 fully saturated rings. The van der Waals surface area contributed by atoms with Crippen LogP contribution in [0.5, 0.6) is 5.75 Å². The minimum Gasteiger partial charge on any atom is -0.406 e. The van der Waals surface area contributed by atoms with E-state index < -0.39 is 6.36 Å². The molecule has 0 bridgehead atoms. The van der Waals surface area contributed by atoms with Crippen molar-refractivity contribution < 1.29 is 17.9 Å². The highest BCUT2D eigenvalue weighted by atomic mass is 19.4. The highest BCUT2D eigenvalue weighted by Gasteiger charge is 2.31. The quantitative estimate of drug-likeness (QED) is 0.801. The van der Waals surface area contributed by atoms with E-state index in [1.807, 2.05) is 0 Å². The lowest BCUT2D eigenvalue weighted by atomic mass is 10.2. The standard InChI is InChI=1S/C9H10F3NO/c1-6-5-7(13-2)3-4-8(6)14-9(10,11)12/h3-5,13H,1-2H3. The van der Waals surface area contributed by atoms with Crippen LogP contribution in [-0.2, 0) is 0 Å². The minimum absolute atomic E-state index is 0.170. The summed E-state index contributed by atoms with van der Waals surface area (Å²) >= 11 is 0. The molecule has 0 aromatic heterocycles. The zero-order valence-electron chi connectivity index (χ0n) is 7.77. The lowest BCUT2D eigenvalue weighted by molar-refractivity contribution is -0.274. The molecule has 14 heavy (non-hydrogen) atoms. The van der Waals surface area contributed by atoms with Gasteiger partial charge in [0.25, 0.3) is 0 Å². The van der Waals surface area contributed by atoms with E-state index in [0.29, 0.717) is 5.56 Å². The van der Waals surface area contributed by atoms with Gasteiger partial charge in [0.15, 0.2) is 0 Å². The number of alkyl halides is 3. The Morgan fingerprint density at radius 2 is 1.93 bits per heavy atom. The topological polar surface area (TPSA) is 21.3 Å². The van der Waals surface area contributed by atoms with E-state index in [1.165, 1.54) is 12.1 Å². The van der Waals surface area contributed by atoms with Gasteiger partial charge in [-0.05, 0) is 30.7 Å². The van der Waals surface area contributed by atoms with Crippen LogP contribution in [0, 0.1) is 6.92 Å². The maximum absolute atomic E-state index is 11.9. The van der Waals surface area contributed by atoms with Crippen LogP contribution in [0.4, 0.5) is 18.9 Å². The molecule has 0 atom stereocenters. The average Bonchev–Trinajstić information content (AvgIpc) is 2.06. The fraction of sp³-hybridized carbons (Fsp3) is 0.333. The van der Waals surface area contributed by atoms with Crippen molar-refractivity contribution in [2.24, 2.45) is 0 Å². The molecule has 0 aliphatic rings. The summed E-state index contributed by atoms with van der Waals surface area (Å²) in [6.07, 6.45) is -4.63. The first kappa shape index (κ1) is 10.7. The second-order valence-electron chi connectivity index (χ2n) is 2.78. The van der Waals surface area contributed by atoms with Crippen molar-refractivity contribution in [2.45, 2.75) is 13.3 Å². The Balaban J connectivity index is 2.89. The van der Waals surface area contributed by atoms with Crippen molar-refractivity contribution in [1.29, 1.82) is 0 Å². The Kier molecular flexibility index (Phi) is 2.88. The number of aryl methyl sites for hydroxylation is 1. The molecule has 0 aliphatic heterocycles. The van der Waals surface area contributed by atoms with Gasteiger partial charge in [0.1, 0.15) is 5.75 Å². The lowest BCUT2D eigenvalue weighted by Gasteiger charge is -2.12. The number of halogens is 3. The van der Waals surface area contributed by atoms with E-state index in [9.17, 15) is 13.2 Å². The molecular weight excluding hydrogens is 195 g/mol. The predicted octanol–water partition coefficient (Wildman–Crippen LogP) is 2.94. The number of benzene rings is 1. The summed E-state index contributed by atoms with van der Waals surface area (Å²) in [5, 5.41) is 2.82. The molecule has 0 unspecified atom stereocenters. The molecule has 1 rings (SSSR count). The third-order valence-corrected chi connectivity index (χ3v) is 1.69. The number of hydrogen-bond acceptors (Lipinski definition) is 2. The molecule has 1 aromatic rings. The zero-order valence-corrected chi connectivity index (χ0v) is 7.77. The Hall–Kier alpha value is -1.39. The fourth-order valence-electron chi connectivity index (χ4n) is 1.04. The van der Waals surface area contributed by atoms with Crippen LogP contribution in [0.15, 0.2) is 18.2 Å². The maximum atomic E-state index is 11.9. The number of nitrogens with one attached hydrogen (secondary N) is 1. The first-order valence-electron chi connectivity index (χ1n) is 3.96.